The smallest absolute Gasteiger partial charge is 0.200 e. The number of ketones is 1. The molecule has 1 aliphatic heterocycles. The molecule has 45 heavy (non-hydrogen) atoms. The molecule has 0 atom stereocenters. The summed E-state index contributed by atoms with van der Waals surface area (Å²) in [4.78, 5) is 30.1. The van der Waals surface area contributed by atoms with E-state index in [4.69, 9.17) is 0 Å². The van der Waals surface area contributed by atoms with Crippen LogP contribution in [0.2, 0.25) is 0 Å². The largest absolute Gasteiger partial charge is 0.367 e. The van der Waals surface area contributed by atoms with Crippen molar-refractivity contribution < 1.29 is 9.18 Å². The second kappa shape index (κ2) is 13.1. The summed E-state index contributed by atoms with van der Waals surface area (Å²) in [5.41, 5.74) is 1.01. The number of hydrogen-bond donors (Lipinski definition) is 1. The Hall–Kier alpha value is -4.12. The van der Waals surface area contributed by atoms with Crippen LogP contribution in [-0.2, 0) is 0 Å². The molecule has 5 nitrogen and oxygen atoms in total. The van der Waals surface area contributed by atoms with Gasteiger partial charge >= 0.3 is 0 Å². The van der Waals surface area contributed by atoms with Gasteiger partial charge in [0.1, 0.15) is 29.0 Å². The minimum atomic E-state index is -2.24. The maximum atomic E-state index is 15.5. The lowest BCUT2D eigenvalue weighted by Gasteiger charge is -2.30. The predicted molar refractivity (Wildman–Crippen MR) is 187 cm³/mol. The molecule has 1 saturated heterocycles. The van der Waals surface area contributed by atoms with Gasteiger partial charge in [0, 0.05) is 50.2 Å². The van der Waals surface area contributed by atoms with Crippen molar-refractivity contribution in [2.75, 3.05) is 37.2 Å². The van der Waals surface area contributed by atoms with Gasteiger partial charge in [0.15, 0.2) is 11.2 Å². The van der Waals surface area contributed by atoms with Gasteiger partial charge in [0.25, 0.3) is 0 Å². The van der Waals surface area contributed by atoms with Gasteiger partial charge in [0.05, 0.1) is 22.9 Å². The average Bonchev–Trinajstić information content (AvgIpc) is 3.93. The van der Waals surface area contributed by atoms with Crippen molar-refractivity contribution in [1.29, 1.82) is 0 Å². The molecule has 2 fully saturated rings. The van der Waals surface area contributed by atoms with E-state index >= 15 is 4.39 Å². The van der Waals surface area contributed by atoms with Crippen molar-refractivity contribution in [3.05, 3.63) is 138 Å². The second-order valence-corrected chi connectivity index (χ2v) is 15.4. The third kappa shape index (κ3) is 5.85. The van der Waals surface area contributed by atoms with E-state index in [9.17, 15) is 9.59 Å². The van der Waals surface area contributed by atoms with Gasteiger partial charge in [-0.2, -0.15) is 0 Å². The summed E-state index contributed by atoms with van der Waals surface area (Å²) >= 11 is 0. The zero-order valence-corrected chi connectivity index (χ0v) is 26.6. The number of piperazine rings is 1. The van der Waals surface area contributed by atoms with E-state index in [-0.39, 0.29) is 42.1 Å². The lowest BCUT2D eigenvalue weighted by molar-refractivity contribution is 0.0987. The first-order valence-corrected chi connectivity index (χ1v) is 17.5. The van der Waals surface area contributed by atoms with Gasteiger partial charge in [-0.1, -0.05) is 54.6 Å². The topological polar surface area (TPSA) is 54.3 Å². The second-order valence-electron chi connectivity index (χ2n) is 11.8. The number of nitrogens with zero attached hydrogens (tertiary/aromatic N) is 2. The molecule has 0 radical (unpaired) electrons. The fraction of sp³-hybridized carbons (Fsp3) is 0.237. The Morgan fingerprint density at radius 2 is 1.36 bits per heavy atom. The molecule has 4 aromatic carbocycles. The van der Waals surface area contributed by atoms with E-state index in [1.54, 1.807) is 6.20 Å². The Labute approximate surface area is 265 Å². The van der Waals surface area contributed by atoms with Crippen LogP contribution in [0.3, 0.4) is 0 Å². The quantitative estimate of drug-likeness (QED) is 0.127. The predicted octanol–water partition coefficient (Wildman–Crippen LogP) is 5.90. The molecule has 1 aliphatic carbocycles. The number of hydrogen-bond acceptors (Lipinski definition) is 4. The lowest BCUT2D eigenvalue weighted by Crippen LogP contribution is -2.43. The number of pyridine rings is 1. The van der Waals surface area contributed by atoms with Gasteiger partial charge in [-0.3, -0.25) is 9.59 Å². The number of nitrogens with one attached hydrogen (secondary N) is 1. The molecule has 0 unspecified atom stereocenters. The fourth-order valence-corrected chi connectivity index (χ4v) is 10.9. The number of Topliss-reactive ketones (excluding diaryl/α,β-unsaturated/α-hetero) is 1. The molecule has 2 aliphatic rings. The molecule has 7 heteroatoms. The van der Waals surface area contributed by atoms with Crippen molar-refractivity contribution in [3.8, 4) is 0 Å². The van der Waals surface area contributed by atoms with Crippen LogP contribution >= 0.6 is 7.26 Å². The maximum absolute atomic E-state index is 15.5. The van der Waals surface area contributed by atoms with Gasteiger partial charge in [0.2, 0.25) is 0 Å². The summed E-state index contributed by atoms with van der Waals surface area (Å²) in [5.74, 6) is -0.601. The van der Waals surface area contributed by atoms with Gasteiger partial charge in [-0.25, -0.2) is 4.39 Å². The van der Waals surface area contributed by atoms with Crippen LogP contribution in [-0.4, -0.2) is 42.7 Å². The van der Waals surface area contributed by atoms with Crippen LogP contribution in [0.4, 0.5) is 10.1 Å². The number of aromatic nitrogens is 1. The zero-order valence-electron chi connectivity index (χ0n) is 25.7. The highest BCUT2D eigenvalue weighted by Crippen LogP contribution is 2.55. The van der Waals surface area contributed by atoms with Crippen molar-refractivity contribution >= 4 is 45.5 Å². The number of carbonyl (C=O) groups is 1. The standard InChI is InChI=1S/C37H36FN3O2P.CH3/c38-33-24-31-34(25-35(33)40-21-19-39-20-22-40)41(27-16-17-27)26-32(37(31)43)36(42)18-23-44(28-10-4-1-5-11-28,29-12-6-2-7-13-29)30-14-8-3-9-15-30;/h1-15,24-27,39H,16-23H2;1H3/q+1;-1. The molecule has 5 aromatic rings. The summed E-state index contributed by atoms with van der Waals surface area (Å²) in [5, 5.41) is 7.18. The molecule has 2 heterocycles. The first kappa shape index (κ1) is 30.9. The summed E-state index contributed by atoms with van der Waals surface area (Å²) in [6.07, 6.45) is 4.52. The number of fused-ring (bicyclic) bond motifs is 1. The van der Waals surface area contributed by atoms with Gasteiger partial charge in [-0.05, 0) is 61.4 Å². The van der Waals surface area contributed by atoms with E-state index in [0.717, 1.165) is 25.9 Å². The van der Waals surface area contributed by atoms with Crippen LogP contribution < -0.4 is 31.6 Å². The van der Waals surface area contributed by atoms with E-state index in [1.165, 1.54) is 22.0 Å². The Morgan fingerprint density at radius 1 is 0.822 bits per heavy atom. The molecule has 230 valence electrons. The monoisotopic (exact) mass is 619 g/mol. The molecule has 0 spiro atoms. The minimum Gasteiger partial charge on any atom is -0.367 e. The molecule has 1 N–H and O–H groups in total. The Balaban J connectivity index is 0.00000357. The van der Waals surface area contributed by atoms with E-state index in [2.05, 4.69) is 82.7 Å². The van der Waals surface area contributed by atoms with Gasteiger partial charge < -0.3 is 22.2 Å². The van der Waals surface area contributed by atoms with E-state index < -0.39 is 13.1 Å². The summed E-state index contributed by atoms with van der Waals surface area (Å²) < 4.78 is 17.6. The summed E-state index contributed by atoms with van der Waals surface area (Å²) in [6.45, 7) is 3.00. The SMILES string of the molecule is O=C(CC[P+](c1ccccc1)(c1ccccc1)c1ccccc1)c1cn(C2CC2)c2cc(N3CCNCC3)c(F)cc2c1=O.[CH3-]. The molecular weight excluding hydrogens is 580 g/mol. The number of anilines is 1. The molecule has 1 saturated carbocycles. The molecule has 7 rings (SSSR count). The van der Waals surface area contributed by atoms with Crippen LogP contribution in [0.15, 0.2) is 114 Å². The minimum absolute atomic E-state index is 0. The number of halogens is 1. The van der Waals surface area contributed by atoms with Crippen molar-refractivity contribution in [2.24, 2.45) is 0 Å². The first-order valence-electron chi connectivity index (χ1n) is 15.5. The highest BCUT2D eigenvalue weighted by molar-refractivity contribution is 7.95. The molecular formula is C38H39FN3O2P. The molecule has 0 amide bonds. The Bertz CT molecular complexity index is 1750. The van der Waals surface area contributed by atoms with Crippen molar-refractivity contribution in [3.63, 3.8) is 0 Å². The highest BCUT2D eigenvalue weighted by Gasteiger charge is 2.45. The third-order valence-corrected chi connectivity index (χ3v) is 13.5. The number of rotatable bonds is 9. The normalized spacial score (nSPS) is 15.1. The number of carbonyl (C=O) groups excluding carboxylic acids is 1. The molecule has 0 bridgehead atoms. The number of benzene rings is 4. The fourth-order valence-electron chi connectivity index (χ4n) is 6.65. The summed E-state index contributed by atoms with van der Waals surface area (Å²) in [7, 11) is -2.24. The van der Waals surface area contributed by atoms with E-state index in [1.807, 2.05) is 29.2 Å². The van der Waals surface area contributed by atoms with Crippen LogP contribution in [0.25, 0.3) is 10.9 Å². The Morgan fingerprint density at radius 3 is 1.87 bits per heavy atom. The zero-order chi connectivity index (χ0) is 30.1. The van der Waals surface area contributed by atoms with Crippen molar-refractivity contribution in [1.82, 2.24) is 9.88 Å². The molecule has 1 aromatic heterocycles. The summed E-state index contributed by atoms with van der Waals surface area (Å²) in [6, 6.07) is 34.7. The van der Waals surface area contributed by atoms with Crippen molar-refractivity contribution in [2.45, 2.75) is 25.3 Å². The Kier molecular flexibility index (Phi) is 8.98. The first-order chi connectivity index (χ1) is 21.6. The lowest BCUT2D eigenvalue weighted by atomic mass is 10.1. The van der Waals surface area contributed by atoms with Crippen LogP contribution in [0.5, 0.6) is 0 Å². The average molecular weight is 620 g/mol. The van der Waals surface area contributed by atoms with Crippen LogP contribution in [0, 0.1) is 13.2 Å². The third-order valence-electron chi connectivity index (χ3n) is 9.06. The van der Waals surface area contributed by atoms with Gasteiger partial charge in [-0.15, -0.1) is 0 Å². The maximum Gasteiger partial charge on any atom is 0.200 e. The van der Waals surface area contributed by atoms with Crippen LogP contribution in [0.1, 0.15) is 35.7 Å². The van der Waals surface area contributed by atoms with E-state index in [0.29, 0.717) is 30.5 Å². The highest BCUT2D eigenvalue weighted by atomic mass is 31.2.